The smallest absolute Gasteiger partial charge is 0.188 e. The minimum atomic E-state index is 0.582. The van der Waals surface area contributed by atoms with Crippen molar-refractivity contribution in [2.45, 2.75) is 32.6 Å². The number of nitrogens with zero attached hydrogens (tertiary/aromatic N) is 1. The number of nitrogens with two attached hydrogens (primary N) is 1. The van der Waals surface area contributed by atoms with E-state index in [1.54, 1.807) is 0 Å². The first-order valence-corrected chi connectivity index (χ1v) is 7.83. The number of rotatable bonds is 5. The van der Waals surface area contributed by atoms with Crippen molar-refractivity contribution in [2.24, 2.45) is 16.6 Å². The molecular formula is C17H24N4. The second kappa shape index (κ2) is 6.20. The van der Waals surface area contributed by atoms with E-state index >= 15 is 0 Å². The van der Waals surface area contributed by atoms with Gasteiger partial charge < -0.3 is 16.0 Å². The van der Waals surface area contributed by atoms with Gasteiger partial charge in [0.05, 0.1) is 0 Å². The maximum absolute atomic E-state index is 5.91. The number of aryl methyl sites for hydroxylation is 1. The minimum Gasteiger partial charge on any atom is -0.370 e. The molecule has 0 atom stereocenters. The molecule has 1 fully saturated rings. The van der Waals surface area contributed by atoms with Crippen molar-refractivity contribution in [1.29, 1.82) is 0 Å². The van der Waals surface area contributed by atoms with Crippen LogP contribution in [0, 0.1) is 12.8 Å². The van der Waals surface area contributed by atoms with Crippen LogP contribution in [0.2, 0.25) is 0 Å². The zero-order valence-corrected chi connectivity index (χ0v) is 12.7. The van der Waals surface area contributed by atoms with Crippen molar-refractivity contribution in [1.82, 2.24) is 10.3 Å². The number of guanidine groups is 1. The van der Waals surface area contributed by atoms with Crippen LogP contribution < -0.4 is 11.1 Å². The summed E-state index contributed by atoms with van der Waals surface area (Å²) in [5.74, 6) is 1.35. The predicted octanol–water partition coefficient (Wildman–Crippen LogP) is 2.72. The van der Waals surface area contributed by atoms with Gasteiger partial charge in [0.15, 0.2) is 5.96 Å². The molecule has 1 heterocycles. The van der Waals surface area contributed by atoms with E-state index in [0.717, 1.165) is 25.4 Å². The molecule has 0 unspecified atom stereocenters. The Morgan fingerprint density at radius 3 is 3.05 bits per heavy atom. The fraction of sp³-hybridized carbons (Fsp3) is 0.471. The normalized spacial score (nSPS) is 16.1. The van der Waals surface area contributed by atoms with Gasteiger partial charge in [-0.2, -0.15) is 0 Å². The molecule has 0 spiro atoms. The number of hydrogen-bond donors (Lipinski definition) is 3. The Morgan fingerprint density at radius 1 is 1.43 bits per heavy atom. The highest BCUT2D eigenvalue weighted by atomic mass is 15.1. The second-order valence-corrected chi connectivity index (χ2v) is 6.01. The summed E-state index contributed by atoms with van der Waals surface area (Å²) < 4.78 is 0. The van der Waals surface area contributed by atoms with Crippen molar-refractivity contribution in [3.63, 3.8) is 0 Å². The van der Waals surface area contributed by atoms with Crippen LogP contribution in [0.15, 0.2) is 29.4 Å². The van der Waals surface area contributed by atoms with E-state index in [2.05, 4.69) is 46.6 Å². The van der Waals surface area contributed by atoms with Crippen molar-refractivity contribution < 1.29 is 0 Å². The van der Waals surface area contributed by atoms with Crippen LogP contribution in [0.25, 0.3) is 10.9 Å². The van der Waals surface area contributed by atoms with Crippen molar-refractivity contribution in [3.05, 3.63) is 35.5 Å². The molecule has 0 amide bonds. The Morgan fingerprint density at radius 2 is 2.29 bits per heavy atom. The van der Waals surface area contributed by atoms with Crippen LogP contribution in [0.5, 0.6) is 0 Å². The molecule has 112 valence electrons. The van der Waals surface area contributed by atoms with Crippen LogP contribution in [-0.2, 0) is 6.42 Å². The molecule has 1 aromatic carbocycles. The lowest BCUT2D eigenvalue weighted by Gasteiger charge is -2.23. The van der Waals surface area contributed by atoms with E-state index in [1.807, 2.05) is 0 Å². The summed E-state index contributed by atoms with van der Waals surface area (Å²) in [6.45, 7) is 3.86. The van der Waals surface area contributed by atoms with Crippen molar-refractivity contribution >= 4 is 16.9 Å². The molecule has 1 saturated carbocycles. The molecular weight excluding hydrogens is 260 g/mol. The number of H-pyrrole nitrogens is 1. The van der Waals surface area contributed by atoms with Crippen molar-refractivity contribution in [2.75, 3.05) is 13.1 Å². The largest absolute Gasteiger partial charge is 0.370 e. The molecule has 0 aliphatic heterocycles. The fourth-order valence-corrected chi connectivity index (χ4v) is 2.93. The number of nitrogens with one attached hydrogen (secondary N) is 2. The van der Waals surface area contributed by atoms with Crippen LogP contribution in [0.1, 0.15) is 30.4 Å². The summed E-state index contributed by atoms with van der Waals surface area (Å²) in [6, 6.07) is 6.36. The van der Waals surface area contributed by atoms with Crippen LogP contribution >= 0.6 is 0 Å². The van der Waals surface area contributed by atoms with E-state index in [4.69, 9.17) is 5.73 Å². The van der Waals surface area contributed by atoms with Crippen LogP contribution in [0.3, 0.4) is 0 Å². The third kappa shape index (κ3) is 3.20. The van der Waals surface area contributed by atoms with Crippen LogP contribution in [0.4, 0.5) is 0 Å². The van der Waals surface area contributed by atoms with Gasteiger partial charge in [0.2, 0.25) is 0 Å². The number of aliphatic imine (C=N–C) groups is 1. The van der Waals surface area contributed by atoms with E-state index in [9.17, 15) is 0 Å². The molecule has 4 heteroatoms. The van der Waals surface area contributed by atoms with Gasteiger partial charge in [-0.25, -0.2) is 0 Å². The highest BCUT2D eigenvalue weighted by Crippen LogP contribution is 2.26. The SMILES string of the molecule is Cc1cccc2[nH]cc(CCNC(N)=NCC3CCC3)c12. The minimum absolute atomic E-state index is 0.582. The summed E-state index contributed by atoms with van der Waals surface area (Å²) >= 11 is 0. The highest BCUT2D eigenvalue weighted by Gasteiger charge is 2.16. The monoisotopic (exact) mass is 284 g/mol. The third-order valence-electron chi connectivity index (χ3n) is 4.44. The number of aromatic nitrogens is 1. The first kappa shape index (κ1) is 14.0. The Hall–Kier alpha value is -1.97. The molecule has 0 bridgehead atoms. The van der Waals surface area contributed by atoms with Crippen molar-refractivity contribution in [3.8, 4) is 0 Å². The molecule has 0 radical (unpaired) electrons. The van der Waals surface area contributed by atoms with Gasteiger partial charge in [0, 0.05) is 30.2 Å². The van der Waals surface area contributed by atoms with Gasteiger partial charge in [-0.15, -0.1) is 0 Å². The van der Waals surface area contributed by atoms with Gasteiger partial charge in [0.25, 0.3) is 0 Å². The standard InChI is InChI=1S/C17H24N4/c1-12-4-2-7-15-16(12)14(11-20-15)8-9-19-17(18)21-10-13-5-3-6-13/h2,4,7,11,13,20H,3,5-6,8-10H2,1H3,(H3,18,19,21). The molecule has 1 aromatic heterocycles. The number of aromatic amines is 1. The maximum Gasteiger partial charge on any atom is 0.188 e. The lowest BCUT2D eigenvalue weighted by molar-refractivity contribution is 0.326. The van der Waals surface area contributed by atoms with Gasteiger partial charge in [-0.3, -0.25) is 4.99 Å². The molecule has 3 rings (SSSR count). The summed E-state index contributed by atoms with van der Waals surface area (Å²) in [5.41, 5.74) is 9.77. The average Bonchev–Trinajstić information content (AvgIpc) is 2.82. The summed E-state index contributed by atoms with van der Waals surface area (Å²) in [4.78, 5) is 7.75. The van der Waals surface area contributed by atoms with Gasteiger partial charge in [-0.1, -0.05) is 18.6 Å². The molecule has 21 heavy (non-hydrogen) atoms. The Balaban J connectivity index is 1.54. The Kier molecular flexibility index (Phi) is 4.13. The van der Waals surface area contributed by atoms with E-state index in [-0.39, 0.29) is 0 Å². The zero-order valence-electron chi connectivity index (χ0n) is 12.7. The average molecular weight is 284 g/mol. The third-order valence-corrected chi connectivity index (χ3v) is 4.44. The summed E-state index contributed by atoms with van der Waals surface area (Å²) in [5, 5.41) is 4.56. The number of hydrogen-bond acceptors (Lipinski definition) is 1. The fourth-order valence-electron chi connectivity index (χ4n) is 2.93. The first-order valence-electron chi connectivity index (χ1n) is 7.83. The summed E-state index contributed by atoms with van der Waals surface area (Å²) in [6.07, 6.45) is 7.02. The molecule has 1 aliphatic carbocycles. The quantitative estimate of drug-likeness (QED) is 0.584. The Bertz CT molecular complexity index is 637. The molecule has 2 aromatic rings. The van der Waals surface area contributed by atoms with Gasteiger partial charge >= 0.3 is 0 Å². The van der Waals surface area contributed by atoms with Gasteiger partial charge in [-0.05, 0) is 49.3 Å². The molecule has 4 nitrogen and oxygen atoms in total. The van der Waals surface area contributed by atoms with Gasteiger partial charge in [0.1, 0.15) is 0 Å². The van der Waals surface area contributed by atoms with E-state index in [1.165, 1.54) is 41.3 Å². The van der Waals surface area contributed by atoms with E-state index in [0.29, 0.717) is 5.96 Å². The molecule has 0 saturated heterocycles. The lowest BCUT2D eigenvalue weighted by Crippen LogP contribution is -2.34. The highest BCUT2D eigenvalue weighted by molar-refractivity contribution is 5.86. The lowest BCUT2D eigenvalue weighted by atomic mass is 9.86. The second-order valence-electron chi connectivity index (χ2n) is 6.01. The van der Waals surface area contributed by atoms with E-state index < -0.39 is 0 Å². The first-order chi connectivity index (χ1) is 10.2. The zero-order chi connectivity index (χ0) is 14.7. The van der Waals surface area contributed by atoms with Crippen LogP contribution in [-0.4, -0.2) is 24.0 Å². The topological polar surface area (TPSA) is 66.2 Å². The summed E-state index contributed by atoms with van der Waals surface area (Å²) in [7, 11) is 0. The molecule has 1 aliphatic rings. The number of benzene rings is 1. The number of fused-ring (bicyclic) bond motifs is 1. The maximum atomic E-state index is 5.91. The Labute approximate surface area is 125 Å². The molecule has 4 N–H and O–H groups in total. The predicted molar refractivity (Wildman–Crippen MR) is 88.6 cm³/mol.